The number of nitrogens with one attached hydrogen (secondary N) is 1. The zero-order valence-electron chi connectivity index (χ0n) is 13.3. The summed E-state index contributed by atoms with van der Waals surface area (Å²) in [6.45, 7) is 3.69. The lowest BCUT2D eigenvalue weighted by molar-refractivity contribution is -0.122. The predicted octanol–water partition coefficient (Wildman–Crippen LogP) is 2.47. The molecule has 2 fully saturated rings. The van der Waals surface area contributed by atoms with Gasteiger partial charge in [-0.25, -0.2) is 0 Å². The minimum absolute atomic E-state index is 0.0286. The number of carbonyl (C=O) groups excluding carboxylic acids is 1. The number of hydrogen-bond acceptors (Lipinski definition) is 4. The van der Waals surface area contributed by atoms with E-state index in [2.05, 4.69) is 17.1 Å². The summed E-state index contributed by atoms with van der Waals surface area (Å²) < 4.78 is 11.1. The molecule has 2 atom stereocenters. The molecule has 1 N–H and O–H groups in total. The van der Waals surface area contributed by atoms with Gasteiger partial charge in [-0.15, -0.1) is 0 Å². The summed E-state index contributed by atoms with van der Waals surface area (Å²) in [5.41, 5.74) is 1.06. The monoisotopic (exact) mass is 304 g/mol. The minimum atomic E-state index is -0.0484. The number of benzene rings is 1. The number of nitrogens with zero attached hydrogens (tertiary/aromatic N) is 1. The van der Waals surface area contributed by atoms with Crippen molar-refractivity contribution in [2.75, 3.05) is 20.3 Å². The fraction of sp³-hybridized carbons (Fsp3) is 0.588. The van der Waals surface area contributed by atoms with E-state index < -0.39 is 0 Å². The second kappa shape index (κ2) is 6.57. The standard InChI is InChI=1S/C17H24N2O3/c1-3-10-22-15-11-12(7-8-14(15)21-2)16-18-17(20)13-6-4-5-9-19(13)16/h7-8,11,13,16H,3-6,9-10H2,1-2H3,(H,18,20). The van der Waals surface area contributed by atoms with Crippen molar-refractivity contribution >= 4 is 5.91 Å². The molecule has 1 aromatic carbocycles. The lowest BCUT2D eigenvalue weighted by Crippen LogP contribution is -2.38. The van der Waals surface area contributed by atoms with E-state index in [1.807, 2.05) is 18.2 Å². The molecular weight excluding hydrogens is 280 g/mol. The van der Waals surface area contributed by atoms with Crippen LogP contribution in [-0.4, -0.2) is 37.1 Å². The Kier molecular flexibility index (Phi) is 4.52. The largest absolute Gasteiger partial charge is 0.493 e. The molecule has 0 spiro atoms. The zero-order valence-corrected chi connectivity index (χ0v) is 13.3. The van der Waals surface area contributed by atoms with Gasteiger partial charge in [0.25, 0.3) is 0 Å². The quantitative estimate of drug-likeness (QED) is 0.908. The van der Waals surface area contributed by atoms with Crippen molar-refractivity contribution < 1.29 is 14.3 Å². The number of piperidine rings is 1. The van der Waals surface area contributed by atoms with Crippen molar-refractivity contribution in [3.63, 3.8) is 0 Å². The first-order chi connectivity index (χ1) is 10.7. The Morgan fingerprint density at radius 2 is 2.18 bits per heavy atom. The molecule has 2 heterocycles. The average Bonchev–Trinajstić information content (AvgIpc) is 2.90. The number of amides is 1. The first-order valence-electron chi connectivity index (χ1n) is 8.11. The maximum absolute atomic E-state index is 12.2. The summed E-state index contributed by atoms with van der Waals surface area (Å²) in [6.07, 6.45) is 4.14. The predicted molar refractivity (Wildman–Crippen MR) is 84.0 cm³/mol. The van der Waals surface area contributed by atoms with Crippen LogP contribution in [-0.2, 0) is 4.79 Å². The molecule has 0 aliphatic carbocycles. The molecule has 2 unspecified atom stereocenters. The summed E-state index contributed by atoms with van der Waals surface area (Å²) in [5, 5.41) is 3.12. The summed E-state index contributed by atoms with van der Waals surface area (Å²) in [4.78, 5) is 14.4. The third-order valence-electron chi connectivity index (χ3n) is 4.42. The first-order valence-corrected chi connectivity index (χ1v) is 8.11. The highest BCUT2D eigenvalue weighted by Gasteiger charge is 2.41. The molecule has 22 heavy (non-hydrogen) atoms. The Hall–Kier alpha value is -1.75. The lowest BCUT2D eigenvalue weighted by atomic mass is 10.0. The number of carbonyl (C=O) groups is 1. The van der Waals surface area contributed by atoms with E-state index in [1.54, 1.807) is 7.11 Å². The maximum Gasteiger partial charge on any atom is 0.238 e. The first kappa shape index (κ1) is 15.2. The average molecular weight is 304 g/mol. The minimum Gasteiger partial charge on any atom is -0.493 e. The van der Waals surface area contributed by atoms with Gasteiger partial charge in [0.1, 0.15) is 6.17 Å². The molecule has 5 heteroatoms. The van der Waals surface area contributed by atoms with E-state index in [4.69, 9.17) is 9.47 Å². The van der Waals surface area contributed by atoms with Gasteiger partial charge in [-0.05, 0) is 37.0 Å². The van der Waals surface area contributed by atoms with Gasteiger partial charge in [0.2, 0.25) is 5.91 Å². The normalized spacial score (nSPS) is 24.7. The van der Waals surface area contributed by atoms with Gasteiger partial charge in [0.05, 0.1) is 19.8 Å². The zero-order chi connectivity index (χ0) is 15.5. The highest BCUT2D eigenvalue weighted by Crippen LogP contribution is 2.36. The molecule has 2 saturated heterocycles. The number of rotatable bonds is 5. The van der Waals surface area contributed by atoms with Crippen LogP contribution in [0.2, 0.25) is 0 Å². The maximum atomic E-state index is 12.2. The Labute approximate surface area is 131 Å². The molecule has 0 bridgehead atoms. The van der Waals surface area contributed by atoms with Gasteiger partial charge >= 0.3 is 0 Å². The number of methoxy groups -OCH3 is 1. The molecule has 1 aromatic rings. The number of ether oxygens (including phenoxy) is 2. The van der Waals surface area contributed by atoms with Crippen molar-refractivity contribution in [3.05, 3.63) is 23.8 Å². The van der Waals surface area contributed by atoms with E-state index in [1.165, 1.54) is 0 Å². The fourth-order valence-electron chi connectivity index (χ4n) is 3.32. The second-order valence-corrected chi connectivity index (χ2v) is 5.92. The molecule has 0 saturated carbocycles. The molecule has 2 aliphatic rings. The lowest BCUT2D eigenvalue weighted by Gasteiger charge is -2.31. The van der Waals surface area contributed by atoms with Crippen molar-refractivity contribution in [2.45, 2.75) is 44.8 Å². The van der Waals surface area contributed by atoms with Crippen molar-refractivity contribution in [1.82, 2.24) is 10.2 Å². The summed E-state index contributed by atoms with van der Waals surface area (Å²) in [7, 11) is 1.64. The second-order valence-electron chi connectivity index (χ2n) is 5.92. The SMILES string of the molecule is CCCOc1cc(C2NC(=O)C3CCCCN32)ccc1OC. The molecule has 5 nitrogen and oxygen atoms in total. The van der Waals surface area contributed by atoms with Crippen LogP contribution in [0.3, 0.4) is 0 Å². The Bertz CT molecular complexity index is 547. The Morgan fingerprint density at radius 1 is 1.32 bits per heavy atom. The van der Waals surface area contributed by atoms with Gasteiger partial charge in [-0.3, -0.25) is 9.69 Å². The number of fused-ring (bicyclic) bond motifs is 1. The third kappa shape index (κ3) is 2.77. The van der Waals surface area contributed by atoms with E-state index in [9.17, 15) is 4.79 Å². The van der Waals surface area contributed by atoms with Gasteiger partial charge in [-0.1, -0.05) is 19.4 Å². The van der Waals surface area contributed by atoms with E-state index in [-0.39, 0.29) is 18.1 Å². The molecule has 1 amide bonds. The van der Waals surface area contributed by atoms with Gasteiger partial charge in [0, 0.05) is 6.54 Å². The molecule has 0 aromatic heterocycles. The Morgan fingerprint density at radius 3 is 2.95 bits per heavy atom. The van der Waals surface area contributed by atoms with Crippen molar-refractivity contribution in [3.8, 4) is 11.5 Å². The van der Waals surface area contributed by atoms with Crippen LogP contribution in [0.4, 0.5) is 0 Å². The highest BCUT2D eigenvalue weighted by molar-refractivity contribution is 5.84. The molecule has 0 radical (unpaired) electrons. The van der Waals surface area contributed by atoms with Gasteiger partial charge < -0.3 is 14.8 Å². The number of hydrogen-bond donors (Lipinski definition) is 1. The van der Waals surface area contributed by atoms with E-state index >= 15 is 0 Å². The summed E-state index contributed by atoms with van der Waals surface area (Å²) in [6, 6.07) is 5.96. The molecule has 3 rings (SSSR count). The molecular formula is C17H24N2O3. The van der Waals surface area contributed by atoms with Crippen LogP contribution in [0.15, 0.2) is 18.2 Å². The van der Waals surface area contributed by atoms with Crippen LogP contribution in [0.25, 0.3) is 0 Å². The van der Waals surface area contributed by atoms with Crippen LogP contribution < -0.4 is 14.8 Å². The summed E-state index contributed by atoms with van der Waals surface area (Å²) >= 11 is 0. The van der Waals surface area contributed by atoms with Crippen molar-refractivity contribution in [1.29, 1.82) is 0 Å². The van der Waals surface area contributed by atoms with Gasteiger partial charge in [0.15, 0.2) is 11.5 Å². The molecule has 120 valence electrons. The van der Waals surface area contributed by atoms with E-state index in [0.29, 0.717) is 6.61 Å². The van der Waals surface area contributed by atoms with Gasteiger partial charge in [-0.2, -0.15) is 0 Å². The smallest absolute Gasteiger partial charge is 0.238 e. The summed E-state index contributed by atoms with van der Waals surface area (Å²) in [5.74, 6) is 1.63. The van der Waals surface area contributed by atoms with Crippen LogP contribution in [0.1, 0.15) is 44.3 Å². The topological polar surface area (TPSA) is 50.8 Å². The third-order valence-corrected chi connectivity index (χ3v) is 4.42. The van der Waals surface area contributed by atoms with Crippen LogP contribution in [0, 0.1) is 0 Å². The van der Waals surface area contributed by atoms with E-state index in [0.717, 1.165) is 49.3 Å². The van der Waals surface area contributed by atoms with Crippen LogP contribution in [0.5, 0.6) is 11.5 Å². The van der Waals surface area contributed by atoms with Crippen molar-refractivity contribution in [2.24, 2.45) is 0 Å². The molecule has 2 aliphatic heterocycles. The van der Waals surface area contributed by atoms with Crippen LogP contribution >= 0.6 is 0 Å². The highest BCUT2D eigenvalue weighted by atomic mass is 16.5. The Balaban J connectivity index is 1.86. The fourth-order valence-corrected chi connectivity index (χ4v) is 3.32.